The van der Waals surface area contributed by atoms with Crippen molar-refractivity contribution in [1.29, 1.82) is 0 Å². The lowest BCUT2D eigenvalue weighted by Gasteiger charge is -2.23. The Kier molecular flexibility index (Phi) is 4.67. The van der Waals surface area contributed by atoms with Gasteiger partial charge in [-0.25, -0.2) is 4.85 Å². The Morgan fingerprint density at radius 2 is 1.96 bits per heavy atom. The van der Waals surface area contributed by atoms with Gasteiger partial charge in [0.2, 0.25) is 0 Å². The molecule has 0 saturated carbocycles. The number of hydrogen-bond acceptors (Lipinski definition) is 2. The van der Waals surface area contributed by atoms with Crippen molar-refractivity contribution in [3.05, 3.63) is 76.8 Å². The third-order valence-corrected chi connectivity index (χ3v) is 4.75. The maximum Gasteiger partial charge on any atom is 0.190 e. The van der Waals surface area contributed by atoms with Gasteiger partial charge in [-0.05, 0) is 55.5 Å². The van der Waals surface area contributed by atoms with Crippen LogP contribution in [0.25, 0.3) is 15.7 Å². The molecule has 2 aromatic carbocycles. The molecule has 0 aliphatic carbocycles. The molecule has 0 amide bonds. The van der Waals surface area contributed by atoms with Crippen LogP contribution in [0.5, 0.6) is 0 Å². The Bertz CT molecular complexity index is 1020. The van der Waals surface area contributed by atoms with Gasteiger partial charge in [0.15, 0.2) is 11.5 Å². The summed E-state index contributed by atoms with van der Waals surface area (Å²) in [5.74, 6) is -0.235. The molecule has 132 valence electrons. The summed E-state index contributed by atoms with van der Waals surface area (Å²) in [5, 5.41) is 11.9. The van der Waals surface area contributed by atoms with Gasteiger partial charge in [-0.2, -0.15) is 0 Å². The minimum absolute atomic E-state index is 0.143. The van der Waals surface area contributed by atoms with Crippen LogP contribution < -0.4 is 0 Å². The molecule has 1 aromatic heterocycles. The number of aliphatic hydroxyl groups is 1. The van der Waals surface area contributed by atoms with Gasteiger partial charge in [0.05, 0.1) is 13.1 Å². The molecule has 0 aliphatic heterocycles. The summed E-state index contributed by atoms with van der Waals surface area (Å²) in [4.78, 5) is 16.1. The summed E-state index contributed by atoms with van der Waals surface area (Å²) in [5.41, 5.74) is 2.95. The zero-order valence-corrected chi connectivity index (χ0v) is 15.3. The molecule has 0 spiro atoms. The molecule has 0 bridgehead atoms. The van der Waals surface area contributed by atoms with Gasteiger partial charge in [-0.3, -0.25) is 4.79 Å². The highest BCUT2D eigenvalue weighted by Gasteiger charge is 2.30. The first-order valence-electron chi connectivity index (χ1n) is 8.58. The molecule has 1 N–H and O–H groups in total. The fourth-order valence-corrected chi connectivity index (χ4v) is 3.21. The molecule has 0 saturated heterocycles. The Hall–Kier alpha value is -2.90. The molecular formula is C22H22N2O2. The van der Waals surface area contributed by atoms with Crippen LogP contribution >= 0.6 is 0 Å². The van der Waals surface area contributed by atoms with E-state index in [9.17, 15) is 9.90 Å². The number of carbonyl (C=O) groups excluding carboxylic acids is 1. The van der Waals surface area contributed by atoms with Crippen molar-refractivity contribution in [3.63, 3.8) is 0 Å². The normalized spacial score (nSPS) is 13.3. The maximum absolute atomic E-state index is 12.7. The second kappa shape index (κ2) is 6.78. The van der Waals surface area contributed by atoms with Crippen molar-refractivity contribution in [1.82, 2.24) is 4.57 Å². The number of hydrogen-bond donors (Lipinski definition) is 1. The molecule has 3 aromatic rings. The predicted molar refractivity (Wildman–Crippen MR) is 103 cm³/mol. The summed E-state index contributed by atoms with van der Waals surface area (Å²) >= 11 is 0. The Labute approximate surface area is 153 Å². The molecule has 0 fully saturated rings. The van der Waals surface area contributed by atoms with E-state index in [1.807, 2.05) is 48.9 Å². The van der Waals surface area contributed by atoms with Crippen molar-refractivity contribution in [2.45, 2.75) is 39.3 Å². The molecule has 0 aliphatic rings. The number of aromatic nitrogens is 1. The van der Waals surface area contributed by atoms with Gasteiger partial charge >= 0.3 is 0 Å². The molecule has 0 unspecified atom stereocenters. The molecule has 1 atom stereocenters. The van der Waals surface area contributed by atoms with Crippen LogP contribution in [0.15, 0.2) is 48.7 Å². The fraction of sp³-hybridized carbons (Fsp3) is 0.273. The molecule has 4 heteroatoms. The monoisotopic (exact) mass is 346 g/mol. The number of benzene rings is 2. The largest absolute Gasteiger partial charge is 0.380 e. The predicted octanol–water partition coefficient (Wildman–Crippen LogP) is 4.37. The number of fused-ring (bicyclic) bond motifs is 1. The molecule has 4 nitrogen and oxygen atoms in total. The lowest BCUT2D eigenvalue weighted by molar-refractivity contribution is -0.136. The standard InChI is InChI=1S/C22H22N2O2/c1-15-5-8-20-18(11-15)9-10-24(20)14-22(3,26)21(25)13-17-6-7-19(23-4)16(2)12-17/h5-12,26H,13-14H2,1-3H3/t22-/m1/s1. The number of rotatable bonds is 5. The van der Waals surface area contributed by atoms with Crippen LogP contribution in [0, 0.1) is 20.4 Å². The summed E-state index contributed by atoms with van der Waals surface area (Å²) in [6.45, 7) is 12.8. The number of aryl methyl sites for hydroxylation is 2. The Morgan fingerprint density at radius 1 is 1.19 bits per heavy atom. The van der Waals surface area contributed by atoms with Crippen LogP contribution in [0.3, 0.4) is 0 Å². The molecule has 26 heavy (non-hydrogen) atoms. The zero-order chi connectivity index (χ0) is 18.9. The first-order chi connectivity index (χ1) is 12.3. The van der Waals surface area contributed by atoms with E-state index in [0.717, 1.165) is 22.0 Å². The summed E-state index contributed by atoms with van der Waals surface area (Å²) in [6, 6.07) is 13.5. The third-order valence-electron chi connectivity index (χ3n) is 4.75. The van der Waals surface area contributed by atoms with Crippen molar-refractivity contribution >= 4 is 22.4 Å². The maximum atomic E-state index is 12.7. The second-order valence-corrected chi connectivity index (χ2v) is 7.11. The number of nitrogens with zero attached hydrogens (tertiary/aromatic N) is 2. The van der Waals surface area contributed by atoms with E-state index >= 15 is 0 Å². The van der Waals surface area contributed by atoms with Gasteiger partial charge in [-0.1, -0.05) is 29.8 Å². The SMILES string of the molecule is [C-]#[N+]c1ccc(CC(=O)[C@](C)(O)Cn2ccc3cc(C)ccc32)cc1C. The number of carbonyl (C=O) groups is 1. The van der Waals surface area contributed by atoms with Crippen molar-refractivity contribution < 1.29 is 9.90 Å². The molecular weight excluding hydrogens is 324 g/mol. The lowest BCUT2D eigenvalue weighted by atomic mass is 9.94. The van der Waals surface area contributed by atoms with E-state index in [2.05, 4.69) is 10.9 Å². The summed E-state index contributed by atoms with van der Waals surface area (Å²) < 4.78 is 1.92. The Balaban J connectivity index is 1.79. The summed E-state index contributed by atoms with van der Waals surface area (Å²) in [7, 11) is 0. The van der Waals surface area contributed by atoms with E-state index in [4.69, 9.17) is 6.57 Å². The fourth-order valence-electron chi connectivity index (χ4n) is 3.21. The quantitative estimate of drug-likeness (QED) is 0.697. The average molecular weight is 346 g/mol. The highest BCUT2D eigenvalue weighted by atomic mass is 16.3. The van der Waals surface area contributed by atoms with Crippen LogP contribution in [-0.4, -0.2) is 21.1 Å². The van der Waals surface area contributed by atoms with Crippen LogP contribution in [0.1, 0.15) is 23.6 Å². The van der Waals surface area contributed by atoms with Gasteiger partial charge < -0.3 is 9.67 Å². The van der Waals surface area contributed by atoms with Crippen LogP contribution in [0.2, 0.25) is 0 Å². The summed E-state index contributed by atoms with van der Waals surface area (Å²) in [6.07, 6.45) is 2.05. The van der Waals surface area contributed by atoms with E-state index in [1.54, 1.807) is 19.1 Å². The number of Topliss-reactive ketones (excluding diaryl/α,β-unsaturated/α-hetero) is 1. The van der Waals surface area contributed by atoms with Crippen LogP contribution in [0.4, 0.5) is 5.69 Å². The highest BCUT2D eigenvalue weighted by molar-refractivity contribution is 5.89. The van der Waals surface area contributed by atoms with Crippen molar-refractivity contribution in [3.8, 4) is 0 Å². The second-order valence-electron chi connectivity index (χ2n) is 7.11. The Morgan fingerprint density at radius 3 is 2.65 bits per heavy atom. The minimum Gasteiger partial charge on any atom is -0.380 e. The lowest BCUT2D eigenvalue weighted by Crippen LogP contribution is -2.40. The smallest absolute Gasteiger partial charge is 0.190 e. The van der Waals surface area contributed by atoms with Crippen molar-refractivity contribution in [2.24, 2.45) is 0 Å². The van der Waals surface area contributed by atoms with E-state index in [0.29, 0.717) is 5.69 Å². The van der Waals surface area contributed by atoms with Gasteiger partial charge in [0, 0.05) is 18.1 Å². The number of ketones is 1. The average Bonchev–Trinajstić information content (AvgIpc) is 2.96. The molecule has 1 heterocycles. The van der Waals surface area contributed by atoms with Gasteiger partial charge in [-0.15, -0.1) is 0 Å². The van der Waals surface area contributed by atoms with Crippen molar-refractivity contribution in [2.75, 3.05) is 0 Å². The first kappa shape index (κ1) is 17.9. The third kappa shape index (κ3) is 3.54. The molecule has 0 radical (unpaired) electrons. The minimum atomic E-state index is -1.47. The highest BCUT2D eigenvalue weighted by Crippen LogP contribution is 2.23. The van der Waals surface area contributed by atoms with Gasteiger partial charge in [0.25, 0.3) is 0 Å². The first-order valence-corrected chi connectivity index (χ1v) is 8.58. The van der Waals surface area contributed by atoms with Crippen LogP contribution in [-0.2, 0) is 17.8 Å². The van der Waals surface area contributed by atoms with E-state index < -0.39 is 5.60 Å². The van der Waals surface area contributed by atoms with E-state index in [1.165, 1.54) is 5.56 Å². The zero-order valence-electron chi connectivity index (χ0n) is 15.3. The van der Waals surface area contributed by atoms with E-state index in [-0.39, 0.29) is 18.7 Å². The topological polar surface area (TPSA) is 46.6 Å². The van der Waals surface area contributed by atoms with Gasteiger partial charge in [0.1, 0.15) is 5.60 Å². The molecule has 3 rings (SSSR count).